The van der Waals surface area contributed by atoms with Gasteiger partial charge in [0, 0.05) is 0 Å². The number of hydrogen-bond acceptors (Lipinski definition) is 0. The molecule has 8 aliphatic rings. The molecule has 0 atom stereocenters. The van der Waals surface area contributed by atoms with Gasteiger partial charge in [-0.05, 0) is 0 Å². The number of rotatable bonds is 2. The van der Waals surface area contributed by atoms with Crippen LogP contribution in [0.5, 0.6) is 0 Å². The first-order valence-electron chi connectivity index (χ1n) is 11.0. The van der Waals surface area contributed by atoms with E-state index in [0.29, 0.717) is 0 Å². The summed E-state index contributed by atoms with van der Waals surface area (Å²) < 4.78 is 2.18. The molecule has 0 aliphatic heterocycles. The predicted molar refractivity (Wildman–Crippen MR) is 108 cm³/mol. The molecule has 8 aliphatic carbocycles. The van der Waals surface area contributed by atoms with Gasteiger partial charge in [0.05, 0.1) is 0 Å². The Bertz CT molecular complexity index is 590. The first-order valence-corrected chi connectivity index (χ1v) is 17.0. The Balaban J connectivity index is 1.25. The molecule has 0 radical (unpaired) electrons. The molecule has 0 nitrogen and oxygen atoms in total. The fraction of sp³-hybridized carbons (Fsp3) is 0.909. The van der Waals surface area contributed by atoms with Crippen molar-refractivity contribution in [2.75, 3.05) is 0 Å². The zero-order chi connectivity index (χ0) is 16.2. The SMILES string of the molecule is C1C2CC3CC1CC(c1p[te]c(C45CC6CC(CC(C6)C4)C5)p1)(C2)C3. The molecular weight excluding hydrogens is 454 g/mol. The molecule has 3 heteroatoms. The third-order valence-electron chi connectivity index (χ3n) is 9.43. The Morgan fingerprint density at radius 3 is 1.44 bits per heavy atom. The van der Waals surface area contributed by atoms with Crippen molar-refractivity contribution in [3.63, 3.8) is 0 Å². The van der Waals surface area contributed by atoms with Gasteiger partial charge in [0.15, 0.2) is 0 Å². The molecule has 0 N–H and O–H groups in total. The topological polar surface area (TPSA) is 0 Å². The van der Waals surface area contributed by atoms with E-state index in [2.05, 4.69) is 8.34 Å². The van der Waals surface area contributed by atoms with Gasteiger partial charge in [0.2, 0.25) is 0 Å². The van der Waals surface area contributed by atoms with Gasteiger partial charge in [-0.15, -0.1) is 0 Å². The third-order valence-corrected chi connectivity index (χ3v) is 21.1. The van der Waals surface area contributed by atoms with Crippen molar-refractivity contribution in [3.05, 3.63) is 8.34 Å². The molecule has 8 bridgehead atoms. The van der Waals surface area contributed by atoms with Crippen molar-refractivity contribution in [1.82, 2.24) is 0 Å². The van der Waals surface area contributed by atoms with E-state index < -0.39 is 0 Å². The second kappa shape index (κ2) is 5.38. The summed E-state index contributed by atoms with van der Waals surface area (Å²) in [6.07, 6.45) is 19.5. The molecule has 8 fully saturated rings. The maximum absolute atomic E-state index is 2.18. The quantitative estimate of drug-likeness (QED) is 0.404. The fourth-order valence-corrected chi connectivity index (χ4v) is 22.7. The van der Waals surface area contributed by atoms with Gasteiger partial charge in [0.1, 0.15) is 0 Å². The van der Waals surface area contributed by atoms with Crippen LogP contribution in [0.4, 0.5) is 0 Å². The Kier molecular flexibility index (Phi) is 3.44. The van der Waals surface area contributed by atoms with Crippen LogP contribution in [0.25, 0.3) is 0 Å². The summed E-state index contributed by atoms with van der Waals surface area (Å²) in [7, 11) is 1.86. The van der Waals surface area contributed by atoms with E-state index in [1.807, 2.05) is 14.0 Å². The van der Waals surface area contributed by atoms with Gasteiger partial charge in [0.25, 0.3) is 0 Å². The van der Waals surface area contributed by atoms with Crippen LogP contribution >= 0.6 is 14.0 Å². The molecule has 0 saturated heterocycles. The number of hydrogen-bond donors (Lipinski definition) is 0. The van der Waals surface area contributed by atoms with Crippen LogP contribution in [0.15, 0.2) is 0 Å². The van der Waals surface area contributed by atoms with Crippen LogP contribution in [0.3, 0.4) is 0 Å². The van der Waals surface area contributed by atoms with Crippen molar-refractivity contribution in [1.29, 1.82) is 0 Å². The molecule has 0 unspecified atom stereocenters. The second-order valence-corrected chi connectivity index (χ2v) is 18.8. The molecular formula is C22H30P2Te. The normalized spacial score (nSPS) is 55.8. The molecule has 1 heterocycles. The molecule has 9 rings (SSSR count). The zero-order valence-corrected chi connectivity index (χ0v) is 19.4. The molecule has 134 valence electrons. The van der Waals surface area contributed by atoms with Gasteiger partial charge in [-0.25, -0.2) is 0 Å². The van der Waals surface area contributed by atoms with Crippen LogP contribution in [-0.2, 0) is 10.8 Å². The van der Waals surface area contributed by atoms with Gasteiger partial charge in [-0.1, -0.05) is 0 Å². The Labute approximate surface area is 165 Å². The summed E-state index contributed by atoms with van der Waals surface area (Å²) in [5.41, 5.74) is 1.54. The molecule has 0 spiro atoms. The van der Waals surface area contributed by atoms with Gasteiger partial charge in [-0.2, -0.15) is 0 Å². The van der Waals surface area contributed by atoms with E-state index in [-0.39, 0.29) is 19.9 Å². The standard InChI is InChI=1S/C22H30P2Te/c1-13-2-15-3-14(1)8-21(7-13,9-15)19-23-20(25-24-19)22-10-16-4-17(11-22)6-18(5-16)12-22/h13-18H,1-12H2. The van der Waals surface area contributed by atoms with Gasteiger partial charge in [-0.3, -0.25) is 0 Å². The first-order chi connectivity index (χ1) is 12.2. The van der Waals surface area contributed by atoms with E-state index in [1.54, 1.807) is 77.0 Å². The Hall–Kier alpha value is 1.13. The van der Waals surface area contributed by atoms with Crippen molar-refractivity contribution >= 4 is 33.9 Å². The molecule has 1 aromatic heterocycles. The minimum atomic E-state index is 0.150. The van der Waals surface area contributed by atoms with E-state index in [4.69, 9.17) is 0 Å². The van der Waals surface area contributed by atoms with E-state index >= 15 is 0 Å². The molecule has 0 amide bonds. The molecule has 8 saturated carbocycles. The van der Waals surface area contributed by atoms with Crippen LogP contribution in [-0.4, -0.2) is 19.9 Å². The zero-order valence-electron chi connectivity index (χ0n) is 15.3. The Morgan fingerprint density at radius 1 is 0.600 bits per heavy atom. The van der Waals surface area contributed by atoms with Crippen LogP contribution < -0.4 is 0 Å². The summed E-state index contributed by atoms with van der Waals surface area (Å²) in [6, 6.07) is 0. The monoisotopic (exact) mass is 486 g/mol. The summed E-state index contributed by atoms with van der Waals surface area (Å²) in [4.78, 5) is 0. The van der Waals surface area contributed by atoms with Crippen molar-refractivity contribution < 1.29 is 0 Å². The molecule has 0 aromatic carbocycles. The van der Waals surface area contributed by atoms with Crippen molar-refractivity contribution in [2.24, 2.45) is 35.5 Å². The van der Waals surface area contributed by atoms with Crippen molar-refractivity contribution in [2.45, 2.75) is 87.9 Å². The summed E-state index contributed by atoms with van der Waals surface area (Å²) in [5.74, 6) is 8.74. The van der Waals surface area contributed by atoms with Crippen LogP contribution in [0, 0.1) is 35.5 Å². The van der Waals surface area contributed by atoms with Crippen LogP contribution in [0.2, 0.25) is 0 Å². The maximum atomic E-state index is 2.18. The van der Waals surface area contributed by atoms with Gasteiger partial charge >= 0.3 is 166 Å². The fourth-order valence-electron chi connectivity index (χ4n) is 9.41. The molecule has 1 aromatic rings. The van der Waals surface area contributed by atoms with Crippen molar-refractivity contribution in [3.8, 4) is 0 Å². The van der Waals surface area contributed by atoms with E-state index in [1.165, 1.54) is 0 Å². The van der Waals surface area contributed by atoms with Gasteiger partial charge < -0.3 is 0 Å². The average Bonchev–Trinajstić information content (AvgIpc) is 3.04. The second-order valence-electron chi connectivity index (χ2n) is 11.3. The first kappa shape index (κ1) is 16.0. The third kappa shape index (κ3) is 2.32. The Morgan fingerprint density at radius 2 is 1.00 bits per heavy atom. The predicted octanol–water partition coefficient (Wildman–Crippen LogP) is 6.84. The summed E-state index contributed by atoms with van der Waals surface area (Å²) in [5, 5.41) is 2.10. The van der Waals surface area contributed by atoms with Crippen LogP contribution in [0.1, 0.15) is 85.4 Å². The summed E-state index contributed by atoms with van der Waals surface area (Å²) in [6.45, 7) is 0. The van der Waals surface area contributed by atoms with E-state index in [9.17, 15) is 0 Å². The van der Waals surface area contributed by atoms with E-state index in [0.717, 1.165) is 46.3 Å². The molecule has 25 heavy (non-hydrogen) atoms. The summed E-state index contributed by atoms with van der Waals surface area (Å²) >= 11 is 0.150. The average molecular weight is 484 g/mol. The minimum absolute atomic E-state index is 0.150.